The maximum Gasteiger partial charge on any atom is 0.307 e. The molecule has 0 saturated carbocycles. The van der Waals surface area contributed by atoms with Gasteiger partial charge < -0.3 is 5.11 Å². The van der Waals surface area contributed by atoms with Gasteiger partial charge in [-0.2, -0.15) is 0 Å². The first-order valence-electron chi connectivity index (χ1n) is 5.97. The minimum absolute atomic E-state index is 0.383. The normalized spacial score (nSPS) is 12.4. The van der Waals surface area contributed by atoms with E-state index in [1.807, 2.05) is 19.1 Å². The minimum Gasteiger partial charge on any atom is -0.481 e. The lowest BCUT2D eigenvalue weighted by Crippen LogP contribution is -2.32. The predicted octanol–water partition coefficient (Wildman–Crippen LogP) is 2.18. The Morgan fingerprint density at radius 1 is 1.50 bits per heavy atom. The van der Waals surface area contributed by atoms with Crippen LogP contribution >= 0.6 is 0 Å². The van der Waals surface area contributed by atoms with Gasteiger partial charge in [0.05, 0.1) is 5.92 Å². The van der Waals surface area contributed by atoms with Gasteiger partial charge in [0.1, 0.15) is 0 Å². The van der Waals surface area contributed by atoms with E-state index in [0.717, 1.165) is 11.1 Å². The Hall–Kier alpha value is -1.68. The zero-order valence-corrected chi connectivity index (χ0v) is 11.0. The van der Waals surface area contributed by atoms with Crippen molar-refractivity contribution in [2.24, 2.45) is 5.92 Å². The molecular weight excluding hydrogens is 228 g/mol. The minimum atomic E-state index is -0.767. The van der Waals surface area contributed by atoms with Crippen molar-refractivity contribution in [3.63, 3.8) is 0 Å². The van der Waals surface area contributed by atoms with Crippen molar-refractivity contribution >= 4 is 5.97 Å². The zero-order valence-electron chi connectivity index (χ0n) is 11.0. The number of hydrogen-bond acceptors (Lipinski definition) is 3. The molecule has 0 aliphatic heterocycles. The second-order valence-electron chi connectivity index (χ2n) is 4.72. The van der Waals surface area contributed by atoms with Crippen LogP contribution in [-0.4, -0.2) is 34.0 Å². The highest BCUT2D eigenvalue weighted by Crippen LogP contribution is 2.09. The van der Waals surface area contributed by atoms with E-state index < -0.39 is 5.97 Å². The highest BCUT2D eigenvalue weighted by molar-refractivity contribution is 5.69. The molecule has 0 aliphatic carbocycles. The van der Waals surface area contributed by atoms with Crippen molar-refractivity contribution in [1.29, 1.82) is 0 Å². The lowest BCUT2D eigenvalue weighted by Gasteiger charge is -2.24. The largest absolute Gasteiger partial charge is 0.481 e. The maximum absolute atomic E-state index is 10.9. The number of carboxylic acids is 1. The van der Waals surface area contributed by atoms with Gasteiger partial charge in [0.25, 0.3) is 0 Å². The summed E-state index contributed by atoms with van der Waals surface area (Å²) in [7, 11) is 0. The molecule has 0 saturated heterocycles. The summed E-state index contributed by atoms with van der Waals surface area (Å²) in [6.45, 7) is 9.50. The molecule has 1 N–H and O–H groups in total. The fourth-order valence-corrected chi connectivity index (χ4v) is 1.78. The topological polar surface area (TPSA) is 53.4 Å². The molecule has 1 rings (SSSR count). The standard InChI is InChI=1S/C14H20N2O2/c1-11(2)8-16(9-12(3)14(17)18)10-13-4-6-15-7-5-13/h4-7,12H,1,8-10H2,2-3H3,(H,17,18). The van der Waals surface area contributed by atoms with Gasteiger partial charge in [-0.1, -0.05) is 19.1 Å². The lowest BCUT2D eigenvalue weighted by molar-refractivity contribution is -0.141. The first-order chi connectivity index (χ1) is 8.49. The van der Waals surface area contributed by atoms with E-state index in [0.29, 0.717) is 19.6 Å². The van der Waals surface area contributed by atoms with Crippen LogP contribution in [0.3, 0.4) is 0 Å². The van der Waals surface area contributed by atoms with Gasteiger partial charge in [-0.3, -0.25) is 14.7 Å². The molecule has 18 heavy (non-hydrogen) atoms. The van der Waals surface area contributed by atoms with Gasteiger partial charge in [0, 0.05) is 32.0 Å². The number of rotatable bonds is 7. The van der Waals surface area contributed by atoms with E-state index in [1.165, 1.54) is 0 Å². The Bertz CT molecular complexity index is 404. The molecule has 0 aromatic carbocycles. The average molecular weight is 248 g/mol. The van der Waals surface area contributed by atoms with Crippen molar-refractivity contribution in [2.75, 3.05) is 13.1 Å². The summed E-state index contributed by atoms with van der Waals surface area (Å²) in [5.74, 6) is -1.15. The molecule has 1 heterocycles. The third-order valence-electron chi connectivity index (χ3n) is 2.60. The van der Waals surface area contributed by atoms with Gasteiger partial charge in [0.15, 0.2) is 0 Å². The summed E-state index contributed by atoms with van der Waals surface area (Å²) < 4.78 is 0. The molecule has 1 atom stereocenters. The van der Waals surface area contributed by atoms with Gasteiger partial charge in [-0.25, -0.2) is 0 Å². The van der Waals surface area contributed by atoms with Crippen molar-refractivity contribution in [1.82, 2.24) is 9.88 Å². The van der Waals surface area contributed by atoms with E-state index in [-0.39, 0.29) is 5.92 Å². The van der Waals surface area contributed by atoms with Gasteiger partial charge in [-0.05, 0) is 24.6 Å². The highest BCUT2D eigenvalue weighted by Gasteiger charge is 2.16. The quantitative estimate of drug-likeness (QED) is 0.751. The molecule has 4 heteroatoms. The summed E-state index contributed by atoms with van der Waals surface area (Å²) in [5, 5.41) is 8.97. The predicted molar refractivity (Wildman–Crippen MR) is 71.1 cm³/mol. The van der Waals surface area contributed by atoms with Crippen molar-refractivity contribution < 1.29 is 9.90 Å². The van der Waals surface area contributed by atoms with Crippen LogP contribution in [0.1, 0.15) is 19.4 Å². The Balaban J connectivity index is 2.66. The van der Waals surface area contributed by atoms with Crippen molar-refractivity contribution in [3.05, 3.63) is 42.2 Å². The summed E-state index contributed by atoms with van der Waals surface area (Å²) in [5.41, 5.74) is 2.16. The maximum atomic E-state index is 10.9. The average Bonchev–Trinajstić information content (AvgIpc) is 2.29. The molecule has 0 bridgehead atoms. The van der Waals surface area contributed by atoms with E-state index in [1.54, 1.807) is 19.3 Å². The molecule has 0 aliphatic rings. The molecular formula is C14H20N2O2. The van der Waals surface area contributed by atoms with Crippen LogP contribution in [0.5, 0.6) is 0 Å². The number of aromatic nitrogens is 1. The van der Waals surface area contributed by atoms with Crippen LogP contribution in [-0.2, 0) is 11.3 Å². The second kappa shape index (κ2) is 6.91. The first kappa shape index (κ1) is 14.4. The fourth-order valence-electron chi connectivity index (χ4n) is 1.78. The van der Waals surface area contributed by atoms with E-state index >= 15 is 0 Å². The van der Waals surface area contributed by atoms with E-state index in [9.17, 15) is 4.79 Å². The number of hydrogen-bond donors (Lipinski definition) is 1. The summed E-state index contributed by atoms with van der Waals surface area (Å²) in [6.07, 6.45) is 3.49. The molecule has 98 valence electrons. The smallest absolute Gasteiger partial charge is 0.307 e. The zero-order chi connectivity index (χ0) is 13.5. The van der Waals surface area contributed by atoms with Gasteiger partial charge in [-0.15, -0.1) is 0 Å². The third kappa shape index (κ3) is 5.10. The number of pyridine rings is 1. The molecule has 0 fully saturated rings. The Kier molecular flexibility index (Phi) is 5.52. The molecule has 4 nitrogen and oxygen atoms in total. The van der Waals surface area contributed by atoms with Crippen LogP contribution in [0.2, 0.25) is 0 Å². The lowest BCUT2D eigenvalue weighted by atomic mass is 10.1. The second-order valence-corrected chi connectivity index (χ2v) is 4.72. The Morgan fingerprint density at radius 2 is 2.11 bits per heavy atom. The fraction of sp³-hybridized carbons (Fsp3) is 0.429. The monoisotopic (exact) mass is 248 g/mol. The van der Waals surface area contributed by atoms with Gasteiger partial charge in [0.2, 0.25) is 0 Å². The summed E-state index contributed by atoms with van der Waals surface area (Å²) >= 11 is 0. The van der Waals surface area contributed by atoms with Crippen LogP contribution in [0.4, 0.5) is 0 Å². The third-order valence-corrected chi connectivity index (χ3v) is 2.60. The highest BCUT2D eigenvalue weighted by atomic mass is 16.4. The number of carboxylic acid groups (broad SMARTS) is 1. The molecule has 1 unspecified atom stereocenters. The molecule has 0 radical (unpaired) electrons. The molecule has 0 spiro atoms. The first-order valence-corrected chi connectivity index (χ1v) is 5.97. The van der Waals surface area contributed by atoms with E-state index in [4.69, 9.17) is 5.11 Å². The number of carbonyl (C=O) groups is 1. The van der Waals surface area contributed by atoms with Gasteiger partial charge >= 0.3 is 5.97 Å². The summed E-state index contributed by atoms with van der Waals surface area (Å²) in [4.78, 5) is 17.0. The molecule has 0 amide bonds. The SMILES string of the molecule is C=C(C)CN(Cc1ccncc1)CC(C)C(=O)O. The number of nitrogens with zero attached hydrogens (tertiary/aromatic N) is 2. The van der Waals surface area contributed by atoms with Crippen LogP contribution in [0.25, 0.3) is 0 Å². The van der Waals surface area contributed by atoms with Crippen LogP contribution in [0, 0.1) is 5.92 Å². The van der Waals surface area contributed by atoms with E-state index in [2.05, 4.69) is 16.5 Å². The molecule has 1 aromatic heterocycles. The van der Waals surface area contributed by atoms with Crippen LogP contribution in [0.15, 0.2) is 36.7 Å². The number of aliphatic carboxylic acids is 1. The van der Waals surface area contributed by atoms with Crippen LogP contribution < -0.4 is 0 Å². The molecule has 1 aromatic rings. The summed E-state index contributed by atoms with van der Waals surface area (Å²) in [6, 6.07) is 3.88. The Labute approximate surface area is 108 Å². The van der Waals surface area contributed by atoms with Crippen molar-refractivity contribution in [3.8, 4) is 0 Å². The Morgan fingerprint density at radius 3 is 2.61 bits per heavy atom. The van der Waals surface area contributed by atoms with Crippen molar-refractivity contribution in [2.45, 2.75) is 20.4 Å².